The van der Waals surface area contributed by atoms with Gasteiger partial charge < -0.3 is 10.6 Å². The lowest BCUT2D eigenvalue weighted by Crippen LogP contribution is -2.25. The smallest absolute Gasteiger partial charge is 0.272 e. The monoisotopic (exact) mass is 341 g/mol. The van der Waals surface area contributed by atoms with Crippen LogP contribution in [0.4, 0.5) is 15.8 Å². The first kappa shape index (κ1) is 17.6. The summed E-state index contributed by atoms with van der Waals surface area (Å²) < 4.78 is 13.9. The molecule has 0 aliphatic carbocycles. The van der Waals surface area contributed by atoms with Crippen LogP contribution in [-0.4, -0.2) is 23.3 Å². The van der Waals surface area contributed by atoms with Crippen molar-refractivity contribution in [1.29, 1.82) is 0 Å². The summed E-state index contributed by atoms with van der Waals surface area (Å²) in [7, 11) is 0. The van der Waals surface area contributed by atoms with Crippen LogP contribution in [-0.2, 0) is 0 Å². The van der Waals surface area contributed by atoms with E-state index in [9.17, 15) is 24.1 Å². The second-order valence-electron chi connectivity index (χ2n) is 4.81. The Morgan fingerprint density at radius 1 is 1.16 bits per heavy atom. The topological polar surface area (TPSA) is 101 Å². The maximum atomic E-state index is 13.9. The third-order valence-corrected chi connectivity index (χ3v) is 3.18. The number of hydrogen-bond acceptors (Lipinski definition) is 4. The summed E-state index contributed by atoms with van der Waals surface area (Å²) in [5.41, 5.74) is -0.555. The van der Waals surface area contributed by atoms with Crippen molar-refractivity contribution >= 4 is 23.2 Å². The minimum atomic E-state index is -1.04. The van der Waals surface area contributed by atoms with E-state index < -0.39 is 28.2 Å². The molecule has 2 N–H and O–H groups in total. The third-order valence-electron chi connectivity index (χ3n) is 3.18. The molecule has 2 aromatic carbocycles. The van der Waals surface area contributed by atoms with Gasteiger partial charge in [0, 0.05) is 6.07 Å². The van der Waals surface area contributed by atoms with Gasteiger partial charge in [-0.15, -0.1) is 6.42 Å². The van der Waals surface area contributed by atoms with Crippen molar-refractivity contribution in [1.82, 2.24) is 5.32 Å². The first-order chi connectivity index (χ1) is 11.9. The molecule has 0 spiro atoms. The number of hydrogen-bond donors (Lipinski definition) is 2. The van der Waals surface area contributed by atoms with Crippen molar-refractivity contribution in [3.63, 3.8) is 0 Å². The van der Waals surface area contributed by atoms with Crippen molar-refractivity contribution in [2.75, 3.05) is 11.9 Å². The second-order valence-corrected chi connectivity index (χ2v) is 4.81. The molecule has 0 bridgehead atoms. The molecule has 7 nitrogen and oxygen atoms in total. The Morgan fingerprint density at radius 3 is 2.52 bits per heavy atom. The molecule has 0 radical (unpaired) electrons. The van der Waals surface area contributed by atoms with E-state index in [1.54, 1.807) is 12.1 Å². The number of benzene rings is 2. The maximum absolute atomic E-state index is 13.9. The highest BCUT2D eigenvalue weighted by Crippen LogP contribution is 2.20. The molecule has 0 saturated carbocycles. The fourth-order valence-electron chi connectivity index (χ4n) is 2.01. The third kappa shape index (κ3) is 4.17. The number of non-ortho nitro benzene ring substituents is 1. The SMILES string of the molecule is C#CCNC(=O)c1ccccc1NC(=O)c1ccc([N+](=O)[O-])cc1F. The number of para-hydroxylation sites is 1. The average molecular weight is 341 g/mol. The molecule has 0 aliphatic heterocycles. The molecule has 2 rings (SSSR count). The predicted octanol–water partition coefficient (Wildman–Crippen LogP) is 2.35. The molecule has 0 heterocycles. The predicted molar refractivity (Wildman–Crippen MR) is 88.6 cm³/mol. The molecule has 0 saturated heterocycles. The van der Waals surface area contributed by atoms with Crippen LogP contribution >= 0.6 is 0 Å². The van der Waals surface area contributed by atoms with Crippen LogP contribution in [0.2, 0.25) is 0 Å². The number of nitro benzene ring substituents is 1. The lowest BCUT2D eigenvalue weighted by Gasteiger charge is -2.11. The summed E-state index contributed by atoms with van der Waals surface area (Å²) in [4.78, 5) is 34.1. The molecular weight excluding hydrogens is 329 g/mol. The number of halogens is 1. The second kappa shape index (κ2) is 7.70. The van der Waals surface area contributed by atoms with Crippen LogP contribution in [0.15, 0.2) is 42.5 Å². The van der Waals surface area contributed by atoms with Gasteiger partial charge in [-0.3, -0.25) is 19.7 Å². The van der Waals surface area contributed by atoms with E-state index in [1.807, 2.05) is 0 Å². The molecule has 0 fully saturated rings. The highest BCUT2D eigenvalue weighted by molar-refractivity contribution is 6.09. The zero-order valence-corrected chi connectivity index (χ0v) is 12.8. The van der Waals surface area contributed by atoms with E-state index in [0.717, 1.165) is 12.1 Å². The van der Waals surface area contributed by atoms with Crippen molar-refractivity contribution in [3.05, 3.63) is 69.5 Å². The van der Waals surface area contributed by atoms with Gasteiger partial charge >= 0.3 is 0 Å². The summed E-state index contributed by atoms with van der Waals surface area (Å²) in [6, 6.07) is 8.78. The van der Waals surface area contributed by atoms with Crippen molar-refractivity contribution in [3.8, 4) is 12.3 Å². The minimum absolute atomic E-state index is 0.0120. The Balaban J connectivity index is 2.26. The number of terminal acetylenes is 1. The summed E-state index contributed by atoms with van der Waals surface area (Å²) in [6.07, 6.45) is 5.08. The number of nitrogens with zero attached hydrogens (tertiary/aromatic N) is 1. The number of nitrogens with one attached hydrogen (secondary N) is 2. The van der Waals surface area contributed by atoms with Crippen LogP contribution in [0.3, 0.4) is 0 Å². The number of carbonyl (C=O) groups is 2. The standard InChI is InChI=1S/C17H12FN3O4/c1-2-9-19-16(22)13-5-3-4-6-15(13)20-17(23)12-8-7-11(21(24)25)10-14(12)18/h1,3-8,10H,9H2,(H,19,22)(H,20,23). The molecule has 0 aromatic heterocycles. The molecule has 2 amide bonds. The summed E-state index contributed by atoms with van der Waals surface area (Å²) >= 11 is 0. The van der Waals surface area contributed by atoms with Crippen molar-refractivity contribution < 1.29 is 18.9 Å². The summed E-state index contributed by atoms with van der Waals surface area (Å²) in [5.74, 6) is -0.133. The first-order valence-electron chi connectivity index (χ1n) is 7.00. The Labute approximate surface area is 142 Å². The molecule has 0 aliphatic rings. The first-order valence-corrected chi connectivity index (χ1v) is 7.00. The van der Waals surface area contributed by atoms with E-state index in [4.69, 9.17) is 6.42 Å². The lowest BCUT2D eigenvalue weighted by molar-refractivity contribution is -0.385. The molecule has 126 valence electrons. The molecule has 0 atom stereocenters. The number of carbonyl (C=O) groups excluding carboxylic acids is 2. The van der Waals surface area contributed by atoms with Crippen LogP contribution in [0.5, 0.6) is 0 Å². The Kier molecular flexibility index (Phi) is 5.43. The molecule has 25 heavy (non-hydrogen) atoms. The van der Waals surface area contributed by atoms with Gasteiger partial charge in [-0.2, -0.15) is 0 Å². The number of anilines is 1. The van der Waals surface area contributed by atoms with E-state index in [-0.39, 0.29) is 23.4 Å². The van der Waals surface area contributed by atoms with Crippen LogP contribution < -0.4 is 10.6 Å². The van der Waals surface area contributed by atoms with E-state index >= 15 is 0 Å². The quantitative estimate of drug-likeness (QED) is 0.495. The zero-order valence-electron chi connectivity index (χ0n) is 12.8. The molecule has 8 heteroatoms. The normalized spacial score (nSPS) is 9.76. The van der Waals surface area contributed by atoms with E-state index in [2.05, 4.69) is 16.6 Å². The van der Waals surface area contributed by atoms with Gasteiger partial charge in [0.15, 0.2) is 0 Å². The van der Waals surface area contributed by atoms with Gasteiger partial charge in [0.05, 0.1) is 34.3 Å². The van der Waals surface area contributed by atoms with Crippen molar-refractivity contribution in [2.45, 2.75) is 0 Å². The Bertz CT molecular complexity index is 890. The lowest BCUT2D eigenvalue weighted by atomic mass is 10.1. The largest absolute Gasteiger partial charge is 0.341 e. The van der Waals surface area contributed by atoms with Gasteiger partial charge in [0.2, 0.25) is 0 Å². The number of amides is 2. The Morgan fingerprint density at radius 2 is 1.88 bits per heavy atom. The molecule has 2 aromatic rings. The van der Waals surface area contributed by atoms with Gasteiger partial charge in [0.25, 0.3) is 17.5 Å². The van der Waals surface area contributed by atoms with Gasteiger partial charge in [0.1, 0.15) is 5.82 Å². The zero-order chi connectivity index (χ0) is 18.4. The Hall–Kier alpha value is -3.73. The fourth-order valence-corrected chi connectivity index (χ4v) is 2.01. The highest BCUT2D eigenvalue weighted by Gasteiger charge is 2.18. The molecular formula is C17H12FN3O4. The fraction of sp³-hybridized carbons (Fsp3) is 0.0588. The van der Waals surface area contributed by atoms with E-state index in [1.165, 1.54) is 12.1 Å². The summed E-state index contributed by atoms with van der Waals surface area (Å²) in [6.45, 7) is 0.0120. The maximum Gasteiger partial charge on any atom is 0.272 e. The van der Waals surface area contributed by atoms with Crippen LogP contribution in [0, 0.1) is 28.3 Å². The number of nitro groups is 1. The van der Waals surface area contributed by atoms with Crippen molar-refractivity contribution in [2.24, 2.45) is 0 Å². The van der Waals surface area contributed by atoms with E-state index in [0.29, 0.717) is 6.07 Å². The van der Waals surface area contributed by atoms with Gasteiger partial charge in [-0.05, 0) is 18.2 Å². The number of rotatable bonds is 5. The minimum Gasteiger partial charge on any atom is -0.341 e. The average Bonchev–Trinajstić information content (AvgIpc) is 2.59. The molecule has 0 unspecified atom stereocenters. The van der Waals surface area contributed by atoms with Crippen LogP contribution in [0.25, 0.3) is 0 Å². The van der Waals surface area contributed by atoms with Crippen LogP contribution in [0.1, 0.15) is 20.7 Å². The summed E-state index contributed by atoms with van der Waals surface area (Å²) in [5, 5.41) is 15.5. The van der Waals surface area contributed by atoms with Gasteiger partial charge in [-0.25, -0.2) is 4.39 Å². The highest BCUT2D eigenvalue weighted by atomic mass is 19.1. The van der Waals surface area contributed by atoms with Gasteiger partial charge in [-0.1, -0.05) is 18.1 Å².